The molecule has 44 heavy (non-hydrogen) atoms. The summed E-state index contributed by atoms with van der Waals surface area (Å²) in [6.45, 7) is 4.73. The molecule has 208 valence electrons. The Morgan fingerprint density at radius 2 is 1.48 bits per heavy atom. The summed E-state index contributed by atoms with van der Waals surface area (Å²) in [4.78, 5) is 0. The van der Waals surface area contributed by atoms with Gasteiger partial charge in [-0.05, 0) is 70.1 Å². The molecule has 0 saturated carbocycles. The summed E-state index contributed by atoms with van der Waals surface area (Å²) in [7, 11) is 0. The molecule has 1 aliphatic carbocycles. The van der Waals surface area contributed by atoms with Crippen molar-refractivity contribution < 1.29 is 0 Å². The van der Waals surface area contributed by atoms with Crippen LogP contribution in [0.5, 0.6) is 0 Å². The van der Waals surface area contributed by atoms with Gasteiger partial charge in [-0.25, -0.2) is 4.52 Å². The quantitative estimate of drug-likeness (QED) is 0.199. The van der Waals surface area contributed by atoms with E-state index in [1.54, 1.807) is 0 Å². The van der Waals surface area contributed by atoms with Gasteiger partial charge in [-0.1, -0.05) is 92.7 Å². The van der Waals surface area contributed by atoms with Gasteiger partial charge >= 0.3 is 0 Å². The first-order valence-corrected chi connectivity index (χ1v) is 16.0. The average Bonchev–Trinajstić information content (AvgIpc) is 3.78. The molecule has 0 saturated heterocycles. The van der Waals surface area contributed by atoms with Crippen molar-refractivity contribution in [3.8, 4) is 28.1 Å². The molecule has 4 heteroatoms. The zero-order valence-electron chi connectivity index (χ0n) is 24.4. The van der Waals surface area contributed by atoms with Gasteiger partial charge in [0, 0.05) is 43.7 Å². The summed E-state index contributed by atoms with van der Waals surface area (Å²) in [6.07, 6.45) is 2.12. The van der Waals surface area contributed by atoms with Crippen LogP contribution >= 0.6 is 11.3 Å². The molecule has 1 aliphatic rings. The molecule has 0 N–H and O–H groups in total. The molecule has 5 aromatic carbocycles. The van der Waals surface area contributed by atoms with Crippen molar-refractivity contribution >= 4 is 58.8 Å². The fourth-order valence-corrected chi connectivity index (χ4v) is 8.76. The Labute approximate surface area is 258 Å². The normalized spacial score (nSPS) is 13.9. The zero-order chi connectivity index (χ0) is 29.2. The molecule has 9 aromatic rings. The zero-order valence-corrected chi connectivity index (χ0v) is 25.2. The Kier molecular flexibility index (Phi) is 4.67. The Morgan fingerprint density at radius 3 is 2.41 bits per heavy atom. The number of hydrogen-bond donors (Lipinski definition) is 0. The number of rotatable bonds is 2. The second-order valence-corrected chi connectivity index (χ2v) is 13.6. The van der Waals surface area contributed by atoms with E-state index in [4.69, 9.17) is 5.10 Å². The lowest BCUT2D eigenvalue weighted by atomic mass is 9.82. The maximum atomic E-state index is 5.02. The molecule has 4 heterocycles. The van der Waals surface area contributed by atoms with E-state index in [1.165, 1.54) is 64.2 Å². The third kappa shape index (κ3) is 3.18. The van der Waals surface area contributed by atoms with Gasteiger partial charge in [0.05, 0.1) is 26.9 Å². The van der Waals surface area contributed by atoms with E-state index in [2.05, 4.69) is 146 Å². The first-order valence-electron chi connectivity index (χ1n) is 15.1. The Hall–Kier alpha value is -5.19. The molecule has 0 fully saturated rings. The molecule has 10 rings (SSSR count). The first-order chi connectivity index (χ1) is 21.5. The summed E-state index contributed by atoms with van der Waals surface area (Å²) in [6, 6.07) is 44.4. The molecule has 0 bridgehead atoms. The van der Waals surface area contributed by atoms with E-state index in [0.717, 1.165) is 22.5 Å². The van der Waals surface area contributed by atoms with Gasteiger partial charge in [0.25, 0.3) is 0 Å². The van der Waals surface area contributed by atoms with Crippen LogP contribution in [0.25, 0.3) is 75.6 Å². The van der Waals surface area contributed by atoms with Crippen LogP contribution in [0.2, 0.25) is 0 Å². The minimum atomic E-state index is -0.0426. The second-order valence-electron chi connectivity index (χ2n) is 12.5. The van der Waals surface area contributed by atoms with Gasteiger partial charge in [-0.15, -0.1) is 11.3 Å². The van der Waals surface area contributed by atoms with Gasteiger partial charge in [-0.2, -0.15) is 5.10 Å². The topological polar surface area (TPSA) is 22.2 Å². The van der Waals surface area contributed by atoms with Crippen molar-refractivity contribution in [3.05, 3.63) is 139 Å². The highest BCUT2D eigenvalue weighted by atomic mass is 32.1. The third-order valence-corrected chi connectivity index (χ3v) is 10.9. The number of benzene rings is 5. The van der Waals surface area contributed by atoms with E-state index in [1.807, 2.05) is 15.9 Å². The van der Waals surface area contributed by atoms with E-state index in [9.17, 15) is 0 Å². The molecule has 0 radical (unpaired) electrons. The van der Waals surface area contributed by atoms with Gasteiger partial charge in [0.15, 0.2) is 0 Å². The van der Waals surface area contributed by atoms with Crippen LogP contribution in [0.1, 0.15) is 25.0 Å². The molecule has 0 unspecified atom stereocenters. The number of hydrogen-bond acceptors (Lipinski definition) is 2. The lowest BCUT2D eigenvalue weighted by Gasteiger charge is -2.21. The van der Waals surface area contributed by atoms with Gasteiger partial charge in [0.1, 0.15) is 0 Å². The third-order valence-electron chi connectivity index (χ3n) is 9.70. The van der Waals surface area contributed by atoms with Crippen LogP contribution in [0.3, 0.4) is 0 Å². The van der Waals surface area contributed by atoms with E-state index < -0.39 is 0 Å². The summed E-state index contributed by atoms with van der Waals surface area (Å²) in [5.41, 5.74) is 12.3. The SMILES string of the molecule is CC1(C)c2ccccc2-c2cc3c(cc21)c1sc2ccccc2c1n3-c1cccc(-c2cc3cc4ccccc4cn3n2)c1. The summed E-state index contributed by atoms with van der Waals surface area (Å²) < 4.78 is 7.16. The van der Waals surface area contributed by atoms with E-state index in [0.29, 0.717) is 0 Å². The van der Waals surface area contributed by atoms with Crippen molar-refractivity contribution in [2.75, 3.05) is 0 Å². The summed E-state index contributed by atoms with van der Waals surface area (Å²) in [5, 5.41) is 10.1. The van der Waals surface area contributed by atoms with Crippen molar-refractivity contribution in [3.63, 3.8) is 0 Å². The molecule has 0 atom stereocenters. The maximum Gasteiger partial charge on any atom is 0.0934 e. The molecule has 4 aromatic heterocycles. The molecular formula is C40H27N3S. The van der Waals surface area contributed by atoms with Crippen LogP contribution in [-0.4, -0.2) is 14.2 Å². The first kappa shape index (κ1) is 24.3. The minimum Gasteiger partial charge on any atom is -0.308 e. The molecular weight excluding hydrogens is 555 g/mol. The van der Waals surface area contributed by atoms with Crippen molar-refractivity contribution in [1.29, 1.82) is 0 Å². The highest BCUT2D eigenvalue weighted by Gasteiger charge is 2.36. The van der Waals surface area contributed by atoms with E-state index >= 15 is 0 Å². The fraction of sp³-hybridized carbons (Fsp3) is 0.0750. The molecule has 0 aliphatic heterocycles. The van der Waals surface area contributed by atoms with Gasteiger partial charge in [0.2, 0.25) is 0 Å². The van der Waals surface area contributed by atoms with Crippen LogP contribution in [0.15, 0.2) is 128 Å². The van der Waals surface area contributed by atoms with Gasteiger partial charge < -0.3 is 4.57 Å². The van der Waals surface area contributed by atoms with Crippen molar-refractivity contribution in [2.45, 2.75) is 19.3 Å². The average molecular weight is 582 g/mol. The number of aromatic nitrogens is 3. The monoisotopic (exact) mass is 581 g/mol. The Morgan fingerprint density at radius 1 is 0.659 bits per heavy atom. The highest BCUT2D eigenvalue weighted by Crippen LogP contribution is 2.52. The molecule has 3 nitrogen and oxygen atoms in total. The number of fused-ring (bicyclic) bond motifs is 10. The van der Waals surface area contributed by atoms with Gasteiger partial charge in [-0.3, -0.25) is 0 Å². The predicted molar refractivity (Wildman–Crippen MR) is 185 cm³/mol. The molecule has 0 amide bonds. The number of pyridine rings is 1. The Bertz CT molecular complexity index is 2590. The van der Waals surface area contributed by atoms with E-state index in [-0.39, 0.29) is 5.41 Å². The fourth-order valence-electron chi connectivity index (χ4n) is 7.54. The summed E-state index contributed by atoms with van der Waals surface area (Å²) in [5.74, 6) is 0. The number of thiophene rings is 1. The van der Waals surface area contributed by atoms with Crippen LogP contribution in [0.4, 0.5) is 0 Å². The Balaban J connectivity index is 1.25. The molecule has 0 spiro atoms. The van der Waals surface area contributed by atoms with Crippen LogP contribution in [0, 0.1) is 0 Å². The summed E-state index contributed by atoms with van der Waals surface area (Å²) >= 11 is 1.90. The lowest BCUT2D eigenvalue weighted by Crippen LogP contribution is -2.14. The standard InChI is InChI=1S/C40H27N3S/c1-40(2)33-16-7-5-14-29(33)31-22-36-32(21-34(31)40)39-38(30-15-6-8-17-37(30)44-39)43(36)27-13-9-12-25(19-27)35-20-28-18-24-10-3-4-11-26(24)23-42(28)41-35/h3-23H,1-2H3. The van der Waals surface area contributed by atoms with Crippen molar-refractivity contribution in [2.24, 2.45) is 0 Å². The maximum absolute atomic E-state index is 5.02. The predicted octanol–water partition coefficient (Wildman–Crippen LogP) is 10.8. The van der Waals surface area contributed by atoms with Crippen LogP contribution < -0.4 is 0 Å². The largest absolute Gasteiger partial charge is 0.308 e. The minimum absolute atomic E-state index is 0.0426. The van der Waals surface area contributed by atoms with Crippen LogP contribution in [-0.2, 0) is 5.41 Å². The highest BCUT2D eigenvalue weighted by molar-refractivity contribution is 7.26. The second kappa shape index (κ2) is 8.46. The van der Waals surface area contributed by atoms with Crippen molar-refractivity contribution in [1.82, 2.24) is 14.2 Å². The lowest BCUT2D eigenvalue weighted by molar-refractivity contribution is 0.661. The number of nitrogens with zero attached hydrogens (tertiary/aromatic N) is 3. The smallest absolute Gasteiger partial charge is 0.0934 e.